The first-order valence-electron chi connectivity index (χ1n) is 7.28. The van der Waals surface area contributed by atoms with Crippen molar-refractivity contribution in [1.82, 2.24) is 4.98 Å². The van der Waals surface area contributed by atoms with Crippen LogP contribution in [0.5, 0.6) is 11.6 Å². The quantitative estimate of drug-likeness (QED) is 0.832. The summed E-state index contributed by atoms with van der Waals surface area (Å²) >= 11 is 0. The van der Waals surface area contributed by atoms with E-state index in [1.54, 1.807) is 18.2 Å². The number of benzene rings is 1. The van der Waals surface area contributed by atoms with Gasteiger partial charge in [-0.25, -0.2) is 9.98 Å². The van der Waals surface area contributed by atoms with Crippen molar-refractivity contribution in [2.75, 3.05) is 6.61 Å². The molecule has 2 heterocycles. The molecule has 24 heavy (non-hydrogen) atoms. The highest BCUT2D eigenvalue weighted by molar-refractivity contribution is 5.93. The Kier molecular flexibility index (Phi) is 3.95. The Hall–Kier alpha value is -2.57. The van der Waals surface area contributed by atoms with Crippen LogP contribution in [0.2, 0.25) is 0 Å². The second-order valence-electron chi connectivity index (χ2n) is 6.01. The Labute approximate surface area is 137 Å². The number of halogens is 3. The van der Waals surface area contributed by atoms with Crippen LogP contribution in [-0.4, -0.2) is 23.0 Å². The van der Waals surface area contributed by atoms with Gasteiger partial charge in [-0.15, -0.1) is 0 Å². The Morgan fingerprint density at radius 2 is 1.88 bits per heavy atom. The molecule has 0 bridgehead atoms. The third kappa shape index (κ3) is 3.67. The summed E-state index contributed by atoms with van der Waals surface area (Å²) in [7, 11) is 0. The maximum Gasteiger partial charge on any atom is 0.416 e. The minimum Gasteiger partial charge on any atom is -0.474 e. The van der Waals surface area contributed by atoms with Gasteiger partial charge < -0.3 is 9.47 Å². The third-order valence-corrected chi connectivity index (χ3v) is 3.29. The molecule has 1 aliphatic heterocycles. The second-order valence-corrected chi connectivity index (χ2v) is 6.01. The minimum absolute atomic E-state index is 0.0593. The summed E-state index contributed by atoms with van der Waals surface area (Å²) in [5.74, 6) is 0.626. The fraction of sp³-hybridized carbons (Fsp3) is 0.294. The highest BCUT2D eigenvalue weighted by atomic mass is 19.4. The molecule has 3 rings (SSSR count). The lowest BCUT2D eigenvalue weighted by atomic mass is 10.1. The molecule has 1 aromatic heterocycles. The number of aliphatic imine (C=N–C) groups is 1. The minimum atomic E-state index is -4.42. The Bertz CT molecular complexity index is 785. The predicted molar refractivity (Wildman–Crippen MR) is 82.3 cm³/mol. The van der Waals surface area contributed by atoms with Gasteiger partial charge in [0.25, 0.3) is 0 Å². The van der Waals surface area contributed by atoms with Gasteiger partial charge in [-0.1, -0.05) is 12.1 Å². The van der Waals surface area contributed by atoms with E-state index in [0.717, 1.165) is 12.1 Å². The average Bonchev–Trinajstić information content (AvgIpc) is 2.87. The normalized spacial score (nSPS) is 16.5. The molecular weight excluding hydrogens is 321 g/mol. The molecule has 0 saturated heterocycles. The van der Waals surface area contributed by atoms with Crippen molar-refractivity contribution in [2.24, 2.45) is 4.99 Å². The van der Waals surface area contributed by atoms with E-state index in [1.165, 1.54) is 12.1 Å². The van der Waals surface area contributed by atoms with Crippen LogP contribution in [0.4, 0.5) is 13.2 Å². The first-order valence-corrected chi connectivity index (χ1v) is 7.28. The van der Waals surface area contributed by atoms with Gasteiger partial charge in [0.1, 0.15) is 18.1 Å². The number of rotatable bonds is 3. The van der Waals surface area contributed by atoms with Crippen molar-refractivity contribution in [2.45, 2.75) is 25.6 Å². The molecule has 0 spiro atoms. The number of aromatic nitrogens is 1. The number of hydrogen-bond donors (Lipinski definition) is 0. The molecule has 4 nitrogen and oxygen atoms in total. The summed E-state index contributed by atoms with van der Waals surface area (Å²) in [4.78, 5) is 8.66. The van der Waals surface area contributed by atoms with Gasteiger partial charge in [0.05, 0.1) is 11.1 Å². The smallest absolute Gasteiger partial charge is 0.416 e. The van der Waals surface area contributed by atoms with Crippen LogP contribution >= 0.6 is 0 Å². The largest absolute Gasteiger partial charge is 0.474 e. The van der Waals surface area contributed by atoms with Gasteiger partial charge in [-0.3, -0.25) is 0 Å². The van der Waals surface area contributed by atoms with Crippen molar-refractivity contribution in [3.63, 3.8) is 0 Å². The van der Waals surface area contributed by atoms with Crippen LogP contribution in [0.3, 0.4) is 0 Å². The highest BCUT2D eigenvalue weighted by Crippen LogP contribution is 2.32. The van der Waals surface area contributed by atoms with E-state index in [1.807, 2.05) is 13.8 Å². The lowest BCUT2D eigenvalue weighted by Gasteiger charge is -2.10. The van der Waals surface area contributed by atoms with Gasteiger partial charge in [0.2, 0.25) is 11.8 Å². The molecule has 126 valence electrons. The molecule has 2 aromatic rings. The topological polar surface area (TPSA) is 43.7 Å². The zero-order valence-corrected chi connectivity index (χ0v) is 13.1. The standard InChI is InChI=1S/C17H15F3N2O2/c1-16(2)10-23-15(22-16)13-7-4-8-14(21-13)24-12-6-3-5-11(9-12)17(18,19)20/h3-9H,10H2,1-2H3. The van der Waals surface area contributed by atoms with Crippen molar-refractivity contribution < 1.29 is 22.6 Å². The number of nitrogens with zero attached hydrogens (tertiary/aromatic N) is 2. The summed E-state index contributed by atoms with van der Waals surface area (Å²) in [6.07, 6.45) is -4.42. The van der Waals surface area contributed by atoms with Crippen molar-refractivity contribution in [1.29, 1.82) is 0 Å². The predicted octanol–water partition coefficient (Wildman–Crippen LogP) is 4.45. The van der Waals surface area contributed by atoms with Crippen molar-refractivity contribution in [3.8, 4) is 11.6 Å². The fourth-order valence-electron chi connectivity index (χ4n) is 2.16. The second kappa shape index (κ2) is 5.81. The van der Waals surface area contributed by atoms with Crippen LogP contribution in [-0.2, 0) is 10.9 Å². The SMILES string of the molecule is CC1(C)COC(c2cccc(Oc3cccc(C(F)(F)F)c3)n2)=N1. The molecule has 0 radical (unpaired) electrons. The number of hydrogen-bond acceptors (Lipinski definition) is 4. The molecule has 1 aliphatic rings. The number of pyridine rings is 1. The van der Waals surface area contributed by atoms with Crippen molar-refractivity contribution in [3.05, 3.63) is 53.7 Å². The average molecular weight is 336 g/mol. The van der Waals surface area contributed by atoms with Gasteiger partial charge >= 0.3 is 6.18 Å². The van der Waals surface area contributed by atoms with E-state index in [2.05, 4.69) is 9.98 Å². The number of ether oxygens (including phenoxy) is 2. The molecule has 0 saturated carbocycles. The van der Waals surface area contributed by atoms with E-state index in [-0.39, 0.29) is 17.2 Å². The van der Waals surface area contributed by atoms with Crippen molar-refractivity contribution >= 4 is 5.90 Å². The lowest BCUT2D eigenvalue weighted by Crippen LogP contribution is -2.17. The lowest BCUT2D eigenvalue weighted by molar-refractivity contribution is -0.137. The molecule has 0 fully saturated rings. The molecule has 0 atom stereocenters. The van der Waals surface area contributed by atoms with E-state index >= 15 is 0 Å². The Balaban J connectivity index is 1.83. The van der Waals surface area contributed by atoms with Crippen LogP contribution < -0.4 is 4.74 Å². The van der Waals surface area contributed by atoms with Crippen LogP contribution in [0.1, 0.15) is 25.1 Å². The molecule has 1 aromatic carbocycles. The summed E-state index contributed by atoms with van der Waals surface area (Å²) in [5.41, 5.74) is -0.624. The Morgan fingerprint density at radius 3 is 2.54 bits per heavy atom. The zero-order valence-electron chi connectivity index (χ0n) is 13.1. The van der Waals surface area contributed by atoms with E-state index in [0.29, 0.717) is 18.2 Å². The first-order chi connectivity index (χ1) is 11.2. The van der Waals surface area contributed by atoms with E-state index in [4.69, 9.17) is 9.47 Å². The van der Waals surface area contributed by atoms with E-state index in [9.17, 15) is 13.2 Å². The molecular formula is C17H15F3N2O2. The maximum atomic E-state index is 12.7. The summed E-state index contributed by atoms with van der Waals surface area (Å²) in [6.45, 7) is 4.31. The van der Waals surface area contributed by atoms with Crippen LogP contribution in [0.25, 0.3) is 0 Å². The van der Waals surface area contributed by atoms with Gasteiger partial charge in [0.15, 0.2) is 0 Å². The maximum absolute atomic E-state index is 12.7. The van der Waals surface area contributed by atoms with Crippen LogP contribution in [0.15, 0.2) is 47.5 Å². The van der Waals surface area contributed by atoms with Gasteiger partial charge in [-0.05, 0) is 38.1 Å². The molecule has 0 aliphatic carbocycles. The summed E-state index contributed by atoms with van der Waals surface area (Å²) in [6, 6.07) is 9.60. The molecule has 7 heteroatoms. The molecule has 0 unspecified atom stereocenters. The fourth-order valence-corrected chi connectivity index (χ4v) is 2.16. The Morgan fingerprint density at radius 1 is 1.12 bits per heavy atom. The monoisotopic (exact) mass is 336 g/mol. The number of alkyl halides is 3. The summed E-state index contributed by atoms with van der Waals surface area (Å²) < 4.78 is 49.2. The highest BCUT2D eigenvalue weighted by Gasteiger charge is 2.31. The van der Waals surface area contributed by atoms with Gasteiger partial charge in [-0.2, -0.15) is 13.2 Å². The molecule has 0 N–H and O–H groups in total. The zero-order chi connectivity index (χ0) is 17.4. The summed E-state index contributed by atoms with van der Waals surface area (Å²) in [5, 5.41) is 0. The van der Waals surface area contributed by atoms with Gasteiger partial charge in [0, 0.05) is 6.07 Å². The van der Waals surface area contributed by atoms with E-state index < -0.39 is 11.7 Å². The van der Waals surface area contributed by atoms with Crippen LogP contribution in [0, 0.1) is 0 Å². The third-order valence-electron chi connectivity index (χ3n) is 3.29. The first kappa shape index (κ1) is 16.3. The molecule has 0 amide bonds.